The Morgan fingerprint density at radius 1 is 1.09 bits per heavy atom. The molecule has 3 aromatic rings. The number of hydrogen-bond donors (Lipinski definition) is 1. The van der Waals surface area contributed by atoms with Gasteiger partial charge in [-0.15, -0.1) is 0 Å². The number of aromatic nitrogens is 2. The van der Waals surface area contributed by atoms with Gasteiger partial charge in [0.1, 0.15) is 12.4 Å². The summed E-state index contributed by atoms with van der Waals surface area (Å²) in [5.74, 6) is -3.63. The summed E-state index contributed by atoms with van der Waals surface area (Å²) >= 11 is 0. The zero-order valence-corrected chi connectivity index (χ0v) is 19.6. The van der Waals surface area contributed by atoms with Crippen molar-refractivity contribution in [1.82, 2.24) is 9.55 Å². The number of benzene rings is 2. The number of rotatable bonds is 9. The zero-order valence-electron chi connectivity index (χ0n) is 18.7. The summed E-state index contributed by atoms with van der Waals surface area (Å²) in [4.78, 5) is 14.9. The standard InChI is InChI=1S/C23H24F2N2O6S/c1-14(2)33-13-20-26-22(28)21(34(30,31)16-9-10-17(24)18(25)11-16)23(29)27(20)19(12-32-3)15-7-5-4-6-8-15/h4-11,14,19,29H,12-13H2,1-3H3/t19-/m0/s1. The first kappa shape index (κ1) is 25.5. The molecule has 0 amide bonds. The first-order valence-electron chi connectivity index (χ1n) is 10.3. The topological polar surface area (TPSA) is 108 Å². The minimum atomic E-state index is -4.77. The van der Waals surface area contributed by atoms with Gasteiger partial charge in [0.05, 0.1) is 23.6 Å². The highest BCUT2D eigenvalue weighted by Crippen LogP contribution is 2.32. The second-order valence-corrected chi connectivity index (χ2v) is 9.56. The minimum Gasteiger partial charge on any atom is -0.493 e. The van der Waals surface area contributed by atoms with Crippen LogP contribution in [0.25, 0.3) is 0 Å². The molecule has 182 valence electrons. The van der Waals surface area contributed by atoms with Gasteiger partial charge in [0.2, 0.25) is 15.7 Å². The van der Waals surface area contributed by atoms with Crippen molar-refractivity contribution >= 4 is 9.84 Å². The largest absolute Gasteiger partial charge is 0.493 e. The highest BCUT2D eigenvalue weighted by molar-refractivity contribution is 7.91. The Balaban J connectivity index is 2.31. The van der Waals surface area contributed by atoms with E-state index in [9.17, 15) is 27.1 Å². The van der Waals surface area contributed by atoms with Crippen molar-refractivity contribution < 1.29 is 31.8 Å². The van der Waals surface area contributed by atoms with Crippen molar-refractivity contribution in [3.05, 3.63) is 81.9 Å². The van der Waals surface area contributed by atoms with Gasteiger partial charge in [-0.25, -0.2) is 17.2 Å². The Kier molecular flexibility index (Phi) is 7.80. The van der Waals surface area contributed by atoms with Crippen LogP contribution < -0.4 is 5.56 Å². The predicted molar refractivity (Wildman–Crippen MR) is 118 cm³/mol. The van der Waals surface area contributed by atoms with E-state index in [1.54, 1.807) is 44.2 Å². The molecule has 34 heavy (non-hydrogen) atoms. The molecule has 0 saturated heterocycles. The number of sulfone groups is 1. The molecule has 0 unspecified atom stereocenters. The van der Waals surface area contributed by atoms with E-state index in [2.05, 4.69) is 4.98 Å². The SMILES string of the molecule is COC[C@@H](c1ccccc1)n1c(COC(C)C)nc(=O)c(S(=O)(=O)c2ccc(F)c(F)c2)c1O. The van der Waals surface area contributed by atoms with Crippen LogP contribution in [0.4, 0.5) is 8.78 Å². The van der Waals surface area contributed by atoms with E-state index < -0.39 is 48.7 Å². The van der Waals surface area contributed by atoms with Gasteiger partial charge in [-0.05, 0) is 37.6 Å². The summed E-state index contributed by atoms with van der Waals surface area (Å²) in [6.07, 6.45) is -0.254. The van der Waals surface area contributed by atoms with E-state index in [1.165, 1.54) is 7.11 Å². The fourth-order valence-corrected chi connectivity index (χ4v) is 4.73. The molecule has 2 aromatic carbocycles. The Hall–Kier alpha value is -3.15. The zero-order chi connectivity index (χ0) is 25.0. The van der Waals surface area contributed by atoms with Crippen LogP contribution in [-0.4, -0.2) is 42.9 Å². The summed E-state index contributed by atoms with van der Waals surface area (Å²) in [6.45, 7) is 3.29. The van der Waals surface area contributed by atoms with Crippen LogP contribution in [-0.2, 0) is 25.9 Å². The number of hydrogen-bond acceptors (Lipinski definition) is 7. The van der Waals surface area contributed by atoms with Crippen LogP contribution in [0, 0.1) is 11.6 Å². The van der Waals surface area contributed by atoms with E-state index in [0.717, 1.165) is 10.6 Å². The second kappa shape index (κ2) is 10.4. The number of nitrogens with zero attached hydrogens (tertiary/aromatic N) is 2. The quantitative estimate of drug-likeness (QED) is 0.455. The number of methoxy groups -OCH3 is 1. The minimum absolute atomic E-state index is 0.0124. The monoisotopic (exact) mass is 494 g/mol. The number of halogens is 2. The fourth-order valence-electron chi connectivity index (χ4n) is 3.37. The molecule has 8 nitrogen and oxygen atoms in total. The average Bonchev–Trinajstić information content (AvgIpc) is 2.78. The summed E-state index contributed by atoms with van der Waals surface area (Å²) < 4.78 is 65.6. The van der Waals surface area contributed by atoms with Crippen molar-refractivity contribution in [2.24, 2.45) is 0 Å². The van der Waals surface area contributed by atoms with Crippen LogP contribution in [0.2, 0.25) is 0 Å². The third-order valence-electron chi connectivity index (χ3n) is 4.97. The van der Waals surface area contributed by atoms with Gasteiger partial charge in [-0.2, -0.15) is 4.98 Å². The van der Waals surface area contributed by atoms with Gasteiger partial charge in [0, 0.05) is 7.11 Å². The summed E-state index contributed by atoms with van der Waals surface area (Å²) in [5, 5.41) is 11.2. The van der Waals surface area contributed by atoms with Gasteiger partial charge >= 0.3 is 0 Å². The Morgan fingerprint density at radius 3 is 2.35 bits per heavy atom. The van der Waals surface area contributed by atoms with E-state index in [-0.39, 0.29) is 25.1 Å². The maximum atomic E-state index is 13.8. The van der Waals surface area contributed by atoms with Gasteiger partial charge in [-0.3, -0.25) is 9.36 Å². The van der Waals surface area contributed by atoms with Gasteiger partial charge in [0.15, 0.2) is 16.5 Å². The lowest BCUT2D eigenvalue weighted by atomic mass is 10.1. The molecule has 1 aromatic heterocycles. The van der Waals surface area contributed by atoms with E-state index in [4.69, 9.17) is 9.47 Å². The third kappa shape index (κ3) is 5.16. The van der Waals surface area contributed by atoms with Crippen molar-refractivity contribution in [2.75, 3.05) is 13.7 Å². The van der Waals surface area contributed by atoms with E-state index >= 15 is 0 Å². The van der Waals surface area contributed by atoms with E-state index in [1.807, 2.05) is 0 Å². The molecule has 0 aliphatic carbocycles. The van der Waals surface area contributed by atoms with Gasteiger partial charge in [-0.1, -0.05) is 30.3 Å². The van der Waals surface area contributed by atoms with Crippen molar-refractivity contribution in [3.63, 3.8) is 0 Å². The molecular weight excluding hydrogens is 470 g/mol. The molecule has 3 rings (SSSR count). The fraction of sp³-hybridized carbons (Fsp3) is 0.304. The molecule has 0 fully saturated rings. The van der Waals surface area contributed by atoms with Crippen LogP contribution in [0.1, 0.15) is 31.3 Å². The third-order valence-corrected chi connectivity index (χ3v) is 6.74. The second-order valence-electron chi connectivity index (χ2n) is 7.68. The molecule has 11 heteroatoms. The normalized spacial score (nSPS) is 12.8. The maximum absolute atomic E-state index is 13.8. The van der Waals surface area contributed by atoms with Crippen molar-refractivity contribution in [2.45, 2.75) is 42.4 Å². The predicted octanol–water partition coefficient (Wildman–Crippen LogP) is 3.22. The Morgan fingerprint density at radius 2 is 1.76 bits per heavy atom. The molecular formula is C23H24F2N2O6S. The first-order chi connectivity index (χ1) is 16.1. The Bertz CT molecular complexity index is 1330. The first-order valence-corrected chi connectivity index (χ1v) is 11.8. The highest BCUT2D eigenvalue weighted by Gasteiger charge is 2.33. The molecule has 1 N–H and O–H groups in total. The van der Waals surface area contributed by atoms with E-state index in [0.29, 0.717) is 17.7 Å². The molecule has 0 aliphatic heterocycles. The van der Waals surface area contributed by atoms with Crippen molar-refractivity contribution in [1.29, 1.82) is 0 Å². The lowest BCUT2D eigenvalue weighted by molar-refractivity contribution is 0.0554. The molecule has 0 saturated carbocycles. The number of aromatic hydroxyl groups is 1. The molecule has 0 spiro atoms. The summed E-state index contributed by atoms with van der Waals surface area (Å²) in [5.41, 5.74) is -0.628. The maximum Gasteiger partial charge on any atom is 0.296 e. The van der Waals surface area contributed by atoms with Crippen LogP contribution >= 0.6 is 0 Å². The Labute approximate surface area is 195 Å². The molecule has 0 bridgehead atoms. The average molecular weight is 495 g/mol. The van der Waals surface area contributed by atoms with Crippen LogP contribution in [0.3, 0.4) is 0 Å². The van der Waals surface area contributed by atoms with Crippen molar-refractivity contribution in [3.8, 4) is 5.88 Å². The smallest absolute Gasteiger partial charge is 0.296 e. The molecule has 0 radical (unpaired) electrons. The van der Waals surface area contributed by atoms with Gasteiger partial charge < -0.3 is 14.6 Å². The number of ether oxygens (including phenoxy) is 2. The highest BCUT2D eigenvalue weighted by atomic mass is 32.2. The van der Waals surface area contributed by atoms with Crippen LogP contribution in [0.15, 0.2) is 63.1 Å². The summed E-state index contributed by atoms with van der Waals surface area (Å²) in [6, 6.07) is 9.80. The lowest BCUT2D eigenvalue weighted by Crippen LogP contribution is -2.29. The molecule has 0 aliphatic rings. The molecule has 1 atom stereocenters. The van der Waals surface area contributed by atoms with Crippen LogP contribution in [0.5, 0.6) is 5.88 Å². The van der Waals surface area contributed by atoms with Gasteiger partial charge in [0.25, 0.3) is 5.56 Å². The lowest BCUT2D eigenvalue weighted by Gasteiger charge is -2.25. The summed E-state index contributed by atoms with van der Waals surface area (Å²) in [7, 11) is -3.35. The molecule has 1 heterocycles.